The van der Waals surface area contributed by atoms with Crippen LogP contribution in [0.2, 0.25) is 5.02 Å². The molecular formula is C26H23ClN2O2S. The molecule has 4 rings (SSSR count). The van der Waals surface area contributed by atoms with Crippen LogP contribution < -0.4 is 10.1 Å². The Hall–Kier alpha value is -3.15. The zero-order chi connectivity index (χ0) is 22.5. The van der Waals surface area contributed by atoms with Gasteiger partial charge in [-0.1, -0.05) is 65.7 Å². The number of benzene rings is 3. The Morgan fingerprint density at radius 3 is 2.34 bits per heavy atom. The summed E-state index contributed by atoms with van der Waals surface area (Å²) in [6, 6.07) is 23.4. The fourth-order valence-corrected chi connectivity index (χ4v) is 4.09. The molecule has 4 aromatic rings. The van der Waals surface area contributed by atoms with Crippen LogP contribution in [-0.2, 0) is 11.3 Å². The summed E-state index contributed by atoms with van der Waals surface area (Å²) < 4.78 is 5.66. The fraction of sp³-hybridized carbons (Fsp3) is 0.154. The maximum Gasteiger partial charge on any atom is 0.261 e. The van der Waals surface area contributed by atoms with E-state index < -0.39 is 6.10 Å². The zero-order valence-corrected chi connectivity index (χ0v) is 19.4. The van der Waals surface area contributed by atoms with Crippen molar-refractivity contribution in [2.45, 2.75) is 26.5 Å². The molecule has 6 heteroatoms. The van der Waals surface area contributed by atoms with Crippen LogP contribution in [0.15, 0.2) is 78.2 Å². The van der Waals surface area contributed by atoms with E-state index in [9.17, 15) is 4.79 Å². The summed E-state index contributed by atoms with van der Waals surface area (Å²) in [5.74, 6) is 0.432. The van der Waals surface area contributed by atoms with Gasteiger partial charge in [-0.05, 0) is 43.7 Å². The van der Waals surface area contributed by atoms with Crippen LogP contribution in [0.25, 0.3) is 21.8 Å². The van der Waals surface area contributed by atoms with Crippen molar-refractivity contribution in [2.75, 3.05) is 0 Å². The molecule has 0 aliphatic heterocycles. The number of thiazole rings is 1. The second kappa shape index (κ2) is 9.98. The van der Waals surface area contributed by atoms with Crippen molar-refractivity contribution in [2.24, 2.45) is 0 Å². The standard InChI is InChI=1S/C26H23ClN2O2S/c1-17-3-7-20(8-4-17)24-16-32-26(29-24)21-9-5-19(6-10-21)15-28-25(30)18(2)31-23-13-11-22(27)12-14-23/h3-14,16,18H,15H2,1-2H3,(H,28,30). The van der Waals surface area contributed by atoms with Crippen molar-refractivity contribution >= 4 is 28.8 Å². The molecule has 0 radical (unpaired) electrons. The van der Waals surface area contributed by atoms with Gasteiger partial charge in [-0.3, -0.25) is 4.79 Å². The van der Waals surface area contributed by atoms with E-state index >= 15 is 0 Å². The second-order valence-corrected chi connectivity index (χ2v) is 8.83. The fourth-order valence-electron chi connectivity index (χ4n) is 3.13. The Morgan fingerprint density at radius 1 is 1.00 bits per heavy atom. The van der Waals surface area contributed by atoms with Gasteiger partial charge in [0.25, 0.3) is 5.91 Å². The Bertz CT molecular complexity index is 1190. The number of carbonyl (C=O) groups excluding carboxylic acids is 1. The number of nitrogens with one attached hydrogen (secondary N) is 1. The predicted octanol–water partition coefficient (Wildman–Crippen LogP) is 6.52. The third-order valence-electron chi connectivity index (χ3n) is 5.01. The maximum absolute atomic E-state index is 12.4. The molecule has 0 saturated heterocycles. The van der Waals surface area contributed by atoms with Gasteiger partial charge in [0.15, 0.2) is 6.10 Å². The number of carbonyl (C=O) groups is 1. The van der Waals surface area contributed by atoms with Crippen molar-refractivity contribution in [1.82, 2.24) is 10.3 Å². The SMILES string of the molecule is Cc1ccc(-c2csc(-c3ccc(CNC(=O)C(C)Oc4ccc(Cl)cc4)cc3)n2)cc1. The van der Waals surface area contributed by atoms with Crippen molar-refractivity contribution in [3.63, 3.8) is 0 Å². The molecule has 1 atom stereocenters. The highest BCUT2D eigenvalue weighted by Crippen LogP contribution is 2.29. The molecule has 4 nitrogen and oxygen atoms in total. The minimum atomic E-state index is -0.606. The first-order valence-electron chi connectivity index (χ1n) is 10.3. The summed E-state index contributed by atoms with van der Waals surface area (Å²) in [6.07, 6.45) is -0.606. The zero-order valence-electron chi connectivity index (χ0n) is 17.8. The summed E-state index contributed by atoms with van der Waals surface area (Å²) in [4.78, 5) is 17.1. The number of ether oxygens (including phenoxy) is 1. The minimum absolute atomic E-state index is 0.174. The quantitative estimate of drug-likeness (QED) is 0.340. The normalized spacial score (nSPS) is 11.7. The van der Waals surface area contributed by atoms with E-state index in [1.165, 1.54) is 5.56 Å². The molecule has 1 amide bonds. The van der Waals surface area contributed by atoms with Gasteiger partial charge in [0.2, 0.25) is 0 Å². The van der Waals surface area contributed by atoms with Gasteiger partial charge in [-0.15, -0.1) is 11.3 Å². The van der Waals surface area contributed by atoms with Crippen molar-refractivity contribution in [3.8, 4) is 27.6 Å². The van der Waals surface area contributed by atoms with E-state index in [2.05, 4.69) is 41.9 Å². The largest absolute Gasteiger partial charge is 0.481 e. The smallest absolute Gasteiger partial charge is 0.261 e. The molecule has 0 fully saturated rings. The van der Waals surface area contributed by atoms with Gasteiger partial charge in [0, 0.05) is 28.1 Å². The second-order valence-electron chi connectivity index (χ2n) is 7.53. The average molecular weight is 463 g/mol. The van der Waals surface area contributed by atoms with Crippen LogP contribution in [0.1, 0.15) is 18.1 Å². The van der Waals surface area contributed by atoms with Crippen molar-refractivity contribution < 1.29 is 9.53 Å². The first-order valence-corrected chi connectivity index (χ1v) is 11.6. The molecule has 162 valence electrons. The molecule has 0 saturated carbocycles. The van der Waals surface area contributed by atoms with Gasteiger partial charge in [-0.2, -0.15) is 0 Å². The summed E-state index contributed by atoms with van der Waals surface area (Å²) in [5, 5.41) is 6.60. The van der Waals surface area contributed by atoms with Crippen molar-refractivity contribution in [1.29, 1.82) is 0 Å². The Balaban J connectivity index is 1.33. The number of rotatable bonds is 7. The lowest BCUT2D eigenvalue weighted by molar-refractivity contribution is -0.127. The lowest BCUT2D eigenvalue weighted by atomic mass is 10.1. The summed E-state index contributed by atoms with van der Waals surface area (Å²) >= 11 is 7.50. The molecule has 1 heterocycles. The minimum Gasteiger partial charge on any atom is -0.481 e. The summed E-state index contributed by atoms with van der Waals surface area (Å²) in [6.45, 7) is 4.23. The highest BCUT2D eigenvalue weighted by molar-refractivity contribution is 7.13. The first-order chi connectivity index (χ1) is 15.5. The highest BCUT2D eigenvalue weighted by Gasteiger charge is 2.14. The molecule has 0 bridgehead atoms. The predicted molar refractivity (Wildman–Crippen MR) is 131 cm³/mol. The summed E-state index contributed by atoms with van der Waals surface area (Å²) in [5.41, 5.74) is 5.40. The third-order valence-corrected chi connectivity index (χ3v) is 6.16. The Kier molecular flexibility index (Phi) is 6.88. The lowest BCUT2D eigenvalue weighted by Gasteiger charge is -2.15. The molecular weight excluding hydrogens is 440 g/mol. The van der Waals surface area contributed by atoms with Crippen LogP contribution in [0.4, 0.5) is 0 Å². The van der Waals surface area contributed by atoms with Crippen molar-refractivity contribution in [3.05, 3.63) is 94.3 Å². The van der Waals surface area contributed by atoms with Crippen LogP contribution in [0.3, 0.4) is 0 Å². The molecule has 3 aromatic carbocycles. The molecule has 0 spiro atoms. The van der Waals surface area contributed by atoms with E-state index in [1.54, 1.807) is 42.5 Å². The molecule has 0 aliphatic rings. The van der Waals surface area contributed by atoms with Crippen LogP contribution in [0.5, 0.6) is 5.75 Å². The summed E-state index contributed by atoms with van der Waals surface area (Å²) in [7, 11) is 0. The number of aryl methyl sites for hydroxylation is 1. The van der Waals surface area contributed by atoms with Gasteiger partial charge in [0.1, 0.15) is 10.8 Å². The van der Waals surface area contributed by atoms with Gasteiger partial charge >= 0.3 is 0 Å². The van der Waals surface area contributed by atoms with Gasteiger partial charge in [-0.25, -0.2) is 4.98 Å². The number of nitrogens with zero attached hydrogens (tertiary/aromatic N) is 1. The molecule has 1 unspecified atom stereocenters. The molecule has 0 aliphatic carbocycles. The third kappa shape index (κ3) is 5.55. The monoisotopic (exact) mass is 462 g/mol. The maximum atomic E-state index is 12.4. The average Bonchev–Trinajstić information content (AvgIpc) is 3.30. The highest BCUT2D eigenvalue weighted by atomic mass is 35.5. The number of halogens is 1. The Morgan fingerprint density at radius 2 is 1.66 bits per heavy atom. The molecule has 1 aromatic heterocycles. The van der Waals surface area contributed by atoms with Crippen LogP contribution in [-0.4, -0.2) is 17.0 Å². The van der Waals surface area contributed by atoms with E-state index in [1.807, 2.05) is 24.3 Å². The first kappa shape index (κ1) is 22.1. The van der Waals surface area contributed by atoms with Crippen LogP contribution in [0, 0.1) is 6.92 Å². The van der Waals surface area contributed by atoms with Gasteiger partial charge < -0.3 is 10.1 Å². The van der Waals surface area contributed by atoms with Gasteiger partial charge in [0.05, 0.1) is 5.69 Å². The van der Waals surface area contributed by atoms with E-state index in [4.69, 9.17) is 21.3 Å². The number of hydrogen-bond donors (Lipinski definition) is 1. The number of hydrogen-bond acceptors (Lipinski definition) is 4. The van der Waals surface area contributed by atoms with E-state index in [0.717, 1.165) is 27.4 Å². The van der Waals surface area contributed by atoms with E-state index in [0.29, 0.717) is 17.3 Å². The number of aromatic nitrogens is 1. The number of amides is 1. The lowest BCUT2D eigenvalue weighted by Crippen LogP contribution is -2.35. The topological polar surface area (TPSA) is 51.2 Å². The molecule has 1 N–H and O–H groups in total. The van der Waals surface area contributed by atoms with E-state index in [-0.39, 0.29) is 5.91 Å². The Labute approximate surface area is 196 Å². The van der Waals surface area contributed by atoms with Crippen LogP contribution >= 0.6 is 22.9 Å². The molecule has 32 heavy (non-hydrogen) atoms.